The van der Waals surface area contributed by atoms with Gasteiger partial charge >= 0.3 is 0 Å². The number of carbonyl (C=O) groups excluding carboxylic acids is 1. The van der Waals surface area contributed by atoms with Crippen molar-refractivity contribution in [1.29, 1.82) is 0 Å². The van der Waals surface area contributed by atoms with Gasteiger partial charge in [0.25, 0.3) is 0 Å². The van der Waals surface area contributed by atoms with Crippen LogP contribution in [0.15, 0.2) is 37.2 Å². The number of hydrogen-bond acceptors (Lipinski definition) is 2. The second kappa shape index (κ2) is 9.40. The van der Waals surface area contributed by atoms with E-state index in [1.165, 1.54) is 5.56 Å². The molecule has 1 heterocycles. The van der Waals surface area contributed by atoms with Crippen LogP contribution in [0, 0.1) is 0 Å². The summed E-state index contributed by atoms with van der Waals surface area (Å²) in [5.41, 5.74) is 1.26. The lowest BCUT2D eigenvalue weighted by atomic mass is 10.1. The van der Waals surface area contributed by atoms with E-state index >= 15 is 0 Å². The van der Waals surface area contributed by atoms with Crippen molar-refractivity contribution >= 4 is 5.91 Å². The molecule has 1 aromatic rings. The summed E-state index contributed by atoms with van der Waals surface area (Å²) in [5, 5.41) is 2.94. The Balaban J connectivity index is 1.98. The molecule has 0 saturated heterocycles. The molecule has 3 heteroatoms. The zero-order valence-corrected chi connectivity index (χ0v) is 10.9. The maximum absolute atomic E-state index is 11.4. The molecule has 0 aromatic carbocycles. The summed E-state index contributed by atoms with van der Waals surface area (Å²) in [7, 11) is 0. The fourth-order valence-electron chi connectivity index (χ4n) is 1.72. The molecule has 0 fully saturated rings. The Labute approximate surface area is 109 Å². The summed E-state index contributed by atoms with van der Waals surface area (Å²) in [6.07, 6.45) is 11.1. The summed E-state index contributed by atoms with van der Waals surface area (Å²) >= 11 is 0. The van der Waals surface area contributed by atoms with E-state index in [-0.39, 0.29) is 5.91 Å². The number of nitrogens with zero attached hydrogens (tertiary/aromatic N) is 1. The highest BCUT2D eigenvalue weighted by Crippen LogP contribution is 2.02. The Morgan fingerprint density at radius 2 is 2.28 bits per heavy atom. The average Bonchev–Trinajstić information content (AvgIpc) is 2.40. The largest absolute Gasteiger partial charge is 0.356 e. The van der Waals surface area contributed by atoms with Crippen molar-refractivity contribution in [3.05, 3.63) is 42.7 Å². The lowest BCUT2D eigenvalue weighted by molar-refractivity contribution is -0.121. The number of allylic oxidation sites excluding steroid dienone is 1. The molecule has 1 rings (SSSR count). The SMILES string of the molecule is C=CCCCC(=O)NCCCCc1cccnc1. The van der Waals surface area contributed by atoms with Crippen molar-refractivity contribution in [1.82, 2.24) is 10.3 Å². The van der Waals surface area contributed by atoms with Gasteiger partial charge in [-0.2, -0.15) is 0 Å². The molecule has 0 bridgehead atoms. The van der Waals surface area contributed by atoms with Crippen molar-refractivity contribution in [2.24, 2.45) is 0 Å². The van der Waals surface area contributed by atoms with E-state index in [4.69, 9.17) is 0 Å². The second-order valence-electron chi connectivity index (χ2n) is 4.35. The van der Waals surface area contributed by atoms with Gasteiger partial charge < -0.3 is 5.32 Å². The predicted octanol–water partition coefficient (Wildman–Crippen LogP) is 2.88. The van der Waals surface area contributed by atoms with Gasteiger partial charge in [0.1, 0.15) is 0 Å². The van der Waals surface area contributed by atoms with Crippen LogP contribution in [0.5, 0.6) is 0 Å². The molecule has 0 saturated carbocycles. The molecule has 18 heavy (non-hydrogen) atoms. The number of rotatable bonds is 9. The van der Waals surface area contributed by atoms with E-state index in [1.54, 1.807) is 6.20 Å². The van der Waals surface area contributed by atoms with Gasteiger partial charge in [-0.25, -0.2) is 0 Å². The van der Waals surface area contributed by atoms with Gasteiger partial charge in [-0.1, -0.05) is 12.1 Å². The third-order valence-electron chi connectivity index (χ3n) is 2.75. The molecule has 0 atom stereocenters. The Bertz CT molecular complexity index is 349. The molecule has 0 unspecified atom stereocenters. The first-order valence-corrected chi connectivity index (χ1v) is 6.59. The molecule has 0 aliphatic rings. The van der Waals surface area contributed by atoms with Crippen molar-refractivity contribution in [2.75, 3.05) is 6.54 Å². The molecular formula is C15H22N2O. The normalized spacial score (nSPS) is 10.0. The van der Waals surface area contributed by atoms with Gasteiger partial charge in [-0.15, -0.1) is 6.58 Å². The maximum atomic E-state index is 11.4. The fraction of sp³-hybridized carbons (Fsp3) is 0.467. The van der Waals surface area contributed by atoms with Crippen LogP contribution in [0.1, 0.15) is 37.7 Å². The number of amides is 1. The molecule has 1 amide bonds. The number of aryl methyl sites for hydroxylation is 1. The fourth-order valence-corrected chi connectivity index (χ4v) is 1.72. The topological polar surface area (TPSA) is 42.0 Å². The van der Waals surface area contributed by atoms with E-state index in [0.717, 1.165) is 38.6 Å². The highest BCUT2D eigenvalue weighted by molar-refractivity contribution is 5.75. The van der Waals surface area contributed by atoms with Crippen molar-refractivity contribution in [2.45, 2.75) is 38.5 Å². The number of carbonyl (C=O) groups is 1. The third-order valence-corrected chi connectivity index (χ3v) is 2.75. The summed E-state index contributed by atoms with van der Waals surface area (Å²) in [6, 6.07) is 4.04. The molecule has 98 valence electrons. The minimum absolute atomic E-state index is 0.151. The van der Waals surface area contributed by atoms with E-state index in [9.17, 15) is 4.79 Å². The van der Waals surface area contributed by atoms with Crippen LogP contribution in [-0.2, 0) is 11.2 Å². The first-order valence-electron chi connectivity index (χ1n) is 6.59. The zero-order chi connectivity index (χ0) is 13.1. The van der Waals surface area contributed by atoms with Crippen LogP contribution in [-0.4, -0.2) is 17.4 Å². The summed E-state index contributed by atoms with van der Waals surface area (Å²) in [6.45, 7) is 4.41. The monoisotopic (exact) mass is 246 g/mol. The van der Waals surface area contributed by atoms with E-state index in [0.29, 0.717) is 6.42 Å². The van der Waals surface area contributed by atoms with Crippen LogP contribution >= 0.6 is 0 Å². The standard InChI is InChI=1S/C15H22N2O/c1-2-3-4-10-15(18)17-12-6-5-8-14-9-7-11-16-13-14/h2,7,9,11,13H,1,3-6,8,10,12H2,(H,17,18). The Morgan fingerprint density at radius 1 is 1.39 bits per heavy atom. The molecule has 3 nitrogen and oxygen atoms in total. The summed E-state index contributed by atoms with van der Waals surface area (Å²) in [4.78, 5) is 15.5. The average molecular weight is 246 g/mol. The molecule has 0 spiro atoms. The van der Waals surface area contributed by atoms with Crippen molar-refractivity contribution < 1.29 is 4.79 Å². The van der Waals surface area contributed by atoms with Crippen molar-refractivity contribution in [3.8, 4) is 0 Å². The molecule has 1 N–H and O–H groups in total. The van der Waals surface area contributed by atoms with Crippen molar-refractivity contribution in [3.63, 3.8) is 0 Å². The van der Waals surface area contributed by atoms with Gasteiger partial charge in [0, 0.05) is 25.4 Å². The molecule has 0 aliphatic carbocycles. The third kappa shape index (κ3) is 6.84. The quantitative estimate of drug-likeness (QED) is 0.538. The second-order valence-corrected chi connectivity index (χ2v) is 4.35. The first-order chi connectivity index (χ1) is 8.83. The zero-order valence-electron chi connectivity index (χ0n) is 10.9. The number of hydrogen-bond donors (Lipinski definition) is 1. The minimum atomic E-state index is 0.151. The number of aromatic nitrogens is 1. The lowest BCUT2D eigenvalue weighted by Gasteiger charge is -2.04. The highest BCUT2D eigenvalue weighted by Gasteiger charge is 1.99. The van der Waals surface area contributed by atoms with E-state index in [2.05, 4.69) is 22.9 Å². The number of pyridine rings is 1. The van der Waals surface area contributed by atoms with Crippen LogP contribution in [0.4, 0.5) is 0 Å². The highest BCUT2D eigenvalue weighted by atomic mass is 16.1. The number of unbranched alkanes of at least 4 members (excludes halogenated alkanes) is 2. The molecular weight excluding hydrogens is 224 g/mol. The van der Waals surface area contributed by atoms with Gasteiger partial charge in [-0.05, 0) is 43.7 Å². The molecule has 0 radical (unpaired) electrons. The van der Waals surface area contributed by atoms with Gasteiger partial charge in [0.05, 0.1) is 0 Å². The first kappa shape index (κ1) is 14.4. The molecule has 1 aromatic heterocycles. The molecule has 0 aliphatic heterocycles. The summed E-state index contributed by atoms with van der Waals surface area (Å²) in [5.74, 6) is 0.151. The van der Waals surface area contributed by atoms with E-state index in [1.807, 2.05) is 18.3 Å². The smallest absolute Gasteiger partial charge is 0.220 e. The Morgan fingerprint density at radius 3 is 3.00 bits per heavy atom. The van der Waals surface area contributed by atoms with Crippen LogP contribution in [0.3, 0.4) is 0 Å². The van der Waals surface area contributed by atoms with Gasteiger partial charge in [-0.3, -0.25) is 9.78 Å². The number of nitrogens with one attached hydrogen (secondary N) is 1. The minimum Gasteiger partial charge on any atom is -0.356 e. The van der Waals surface area contributed by atoms with Crippen LogP contribution in [0.2, 0.25) is 0 Å². The van der Waals surface area contributed by atoms with Gasteiger partial charge in [0.15, 0.2) is 0 Å². The van der Waals surface area contributed by atoms with E-state index < -0.39 is 0 Å². The lowest BCUT2D eigenvalue weighted by Crippen LogP contribution is -2.24. The predicted molar refractivity (Wildman–Crippen MR) is 74.2 cm³/mol. The maximum Gasteiger partial charge on any atom is 0.220 e. The summed E-state index contributed by atoms with van der Waals surface area (Å²) < 4.78 is 0. The van der Waals surface area contributed by atoms with Crippen LogP contribution in [0.25, 0.3) is 0 Å². The van der Waals surface area contributed by atoms with Gasteiger partial charge in [0.2, 0.25) is 5.91 Å². The van der Waals surface area contributed by atoms with Crippen LogP contribution < -0.4 is 5.32 Å². The Hall–Kier alpha value is -1.64. The Kier molecular flexibility index (Phi) is 7.53.